The van der Waals surface area contributed by atoms with Crippen LogP contribution < -0.4 is 4.90 Å². The smallest absolute Gasteiger partial charge is 0.229 e. The highest BCUT2D eigenvalue weighted by molar-refractivity contribution is 6.32. The van der Waals surface area contributed by atoms with Gasteiger partial charge in [-0.05, 0) is 12.1 Å². The molecule has 0 saturated carbocycles. The van der Waals surface area contributed by atoms with Gasteiger partial charge in [-0.2, -0.15) is 0 Å². The molecule has 2 aliphatic heterocycles. The standard InChI is InChI=1S/C13H16ClN3O2/c14-11-2-1-3-15-12(11)17-8-10(9-17)13(18)16-4-6-19-7-5-16/h1-3,10H,4-9H2. The summed E-state index contributed by atoms with van der Waals surface area (Å²) in [5.41, 5.74) is 0. The third-order valence-electron chi connectivity index (χ3n) is 3.59. The number of carbonyl (C=O) groups excluding carboxylic acids is 1. The van der Waals surface area contributed by atoms with Crippen molar-refractivity contribution >= 4 is 23.3 Å². The molecule has 0 unspecified atom stereocenters. The van der Waals surface area contributed by atoms with Gasteiger partial charge in [0.15, 0.2) is 0 Å². The van der Waals surface area contributed by atoms with Gasteiger partial charge in [0, 0.05) is 32.4 Å². The average Bonchev–Trinajstić information content (AvgIpc) is 2.40. The predicted octanol–water partition coefficient (Wildman–Crippen LogP) is 1.03. The topological polar surface area (TPSA) is 45.7 Å². The van der Waals surface area contributed by atoms with Crippen molar-refractivity contribution in [3.8, 4) is 0 Å². The molecule has 0 radical (unpaired) electrons. The lowest BCUT2D eigenvalue weighted by Gasteiger charge is -2.42. The zero-order valence-corrected chi connectivity index (χ0v) is 11.3. The molecule has 0 aromatic carbocycles. The Balaban J connectivity index is 1.57. The largest absolute Gasteiger partial charge is 0.378 e. The summed E-state index contributed by atoms with van der Waals surface area (Å²) in [6, 6.07) is 3.63. The molecule has 1 aromatic rings. The number of carbonyl (C=O) groups is 1. The van der Waals surface area contributed by atoms with E-state index in [4.69, 9.17) is 16.3 Å². The third kappa shape index (κ3) is 2.53. The maximum Gasteiger partial charge on any atom is 0.229 e. The average molecular weight is 282 g/mol. The van der Waals surface area contributed by atoms with E-state index in [2.05, 4.69) is 4.98 Å². The van der Waals surface area contributed by atoms with Crippen molar-refractivity contribution in [3.63, 3.8) is 0 Å². The Morgan fingerprint density at radius 2 is 2.11 bits per heavy atom. The number of aromatic nitrogens is 1. The minimum atomic E-state index is 0.0659. The first-order valence-electron chi connectivity index (χ1n) is 6.47. The van der Waals surface area contributed by atoms with Gasteiger partial charge in [-0.3, -0.25) is 4.79 Å². The van der Waals surface area contributed by atoms with Gasteiger partial charge in [0.2, 0.25) is 5.91 Å². The molecule has 1 aromatic heterocycles. The Kier molecular flexibility index (Phi) is 3.57. The highest BCUT2D eigenvalue weighted by Crippen LogP contribution is 2.29. The van der Waals surface area contributed by atoms with Gasteiger partial charge >= 0.3 is 0 Å². The Hall–Kier alpha value is -1.33. The second kappa shape index (κ2) is 5.35. The number of hydrogen-bond donors (Lipinski definition) is 0. The first-order valence-corrected chi connectivity index (χ1v) is 6.85. The fourth-order valence-corrected chi connectivity index (χ4v) is 2.70. The van der Waals surface area contributed by atoms with Crippen molar-refractivity contribution in [1.82, 2.24) is 9.88 Å². The predicted molar refractivity (Wildman–Crippen MR) is 72.3 cm³/mol. The van der Waals surface area contributed by atoms with E-state index in [1.54, 1.807) is 6.20 Å². The first-order chi connectivity index (χ1) is 9.25. The summed E-state index contributed by atoms with van der Waals surface area (Å²) in [6.07, 6.45) is 1.72. The molecule has 0 N–H and O–H groups in total. The van der Waals surface area contributed by atoms with Crippen LogP contribution in [0, 0.1) is 5.92 Å². The number of amides is 1. The van der Waals surface area contributed by atoms with E-state index in [1.807, 2.05) is 21.9 Å². The molecule has 5 nitrogen and oxygen atoms in total. The number of anilines is 1. The number of hydrogen-bond acceptors (Lipinski definition) is 4. The Labute approximate surface area is 117 Å². The van der Waals surface area contributed by atoms with E-state index in [9.17, 15) is 4.79 Å². The van der Waals surface area contributed by atoms with Crippen molar-refractivity contribution in [2.45, 2.75) is 0 Å². The van der Waals surface area contributed by atoms with Crippen molar-refractivity contribution in [3.05, 3.63) is 23.4 Å². The summed E-state index contributed by atoms with van der Waals surface area (Å²) in [5, 5.41) is 0.639. The van der Waals surface area contributed by atoms with Crippen LogP contribution in [0.5, 0.6) is 0 Å². The van der Waals surface area contributed by atoms with Crippen LogP contribution in [0.15, 0.2) is 18.3 Å². The van der Waals surface area contributed by atoms with Gasteiger partial charge in [-0.25, -0.2) is 4.98 Å². The Morgan fingerprint density at radius 3 is 2.79 bits per heavy atom. The van der Waals surface area contributed by atoms with E-state index in [1.165, 1.54) is 0 Å². The van der Waals surface area contributed by atoms with Crippen LogP contribution in [0.4, 0.5) is 5.82 Å². The summed E-state index contributed by atoms with van der Waals surface area (Å²) >= 11 is 6.09. The minimum Gasteiger partial charge on any atom is -0.378 e. The van der Waals surface area contributed by atoms with Gasteiger partial charge in [0.05, 0.1) is 24.2 Å². The molecular formula is C13H16ClN3O2. The molecule has 0 aliphatic carbocycles. The van der Waals surface area contributed by atoms with Crippen LogP contribution in [0.25, 0.3) is 0 Å². The highest BCUT2D eigenvalue weighted by Gasteiger charge is 2.37. The number of halogens is 1. The lowest BCUT2D eigenvalue weighted by Crippen LogP contribution is -2.56. The van der Waals surface area contributed by atoms with Gasteiger partial charge in [-0.1, -0.05) is 11.6 Å². The molecule has 2 saturated heterocycles. The highest BCUT2D eigenvalue weighted by atomic mass is 35.5. The Morgan fingerprint density at radius 1 is 1.37 bits per heavy atom. The zero-order chi connectivity index (χ0) is 13.2. The maximum absolute atomic E-state index is 12.2. The second-order valence-electron chi connectivity index (χ2n) is 4.85. The van der Waals surface area contributed by atoms with Crippen LogP contribution in [-0.2, 0) is 9.53 Å². The summed E-state index contributed by atoms with van der Waals surface area (Å²) < 4.78 is 5.26. The monoisotopic (exact) mass is 281 g/mol. The lowest BCUT2D eigenvalue weighted by atomic mass is 9.98. The van der Waals surface area contributed by atoms with Gasteiger partial charge in [0.25, 0.3) is 0 Å². The molecule has 2 aliphatic rings. The van der Waals surface area contributed by atoms with E-state index in [0.29, 0.717) is 44.4 Å². The summed E-state index contributed by atoms with van der Waals surface area (Å²) in [7, 11) is 0. The number of rotatable bonds is 2. The van der Waals surface area contributed by atoms with Crippen molar-refractivity contribution < 1.29 is 9.53 Å². The van der Waals surface area contributed by atoms with Crippen molar-refractivity contribution in [1.29, 1.82) is 0 Å². The van der Waals surface area contributed by atoms with Crippen LogP contribution in [0.2, 0.25) is 5.02 Å². The van der Waals surface area contributed by atoms with Crippen molar-refractivity contribution in [2.75, 3.05) is 44.3 Å². The van der Waals surface area contributed by atoms with Crippen LogP contribution in [0.3, 0.4) is 0 Å². The molecule has 0 spiro atoms. The summed E-state index contributed by atoms with van der Waals surface area (Å²) in [4.78, 5) is 20.4. The third-order valence-corrected chi connectivity index (χ3v) is 3.89. The van der Waals surface area contributed by atoms with Crippen LogP contribution in [-0.4, -0.2) is 55.2 Å². The number of nitrogens with zero attached hydrogens (tertiary/aromatic N) is 3. The van der Waals surface area contributed by atoms with E-state index >= 15 is 0 Å². The van der Waals surface area contributed by atoms with Gasteiger partial charge in [0.1, 0.15) is 5.82 Å². The SMILES string of the molecule is O=C(C1CN(c2ncccc2Cl)C1)N1CCOCC1. The summed E-state index contributed by atoms with van der Waals surface area (Å²) in [6.45, 7) is 4.11. The molecule has 19 heavy (non-hydrogen) atoms. The minimum absolute atomic E-state index is 0.0659. The maximum atomic E-state index is 12.2. The molecule has 3 rings (SSSR count). The van der Waals surface area contributed by atoms with Crippen LogP contribution >= 0.6 is 11.6 Å². The van der Waals surface area contributed by atoms with Gasteiger partial charge < -0.3 is 14.5 Å². The lowest BCUT2D eigenvalue weighted by molar-refractivity contribution is -0.140. The van der Waals surface area contributed by atoms with Gasteiger partial charge in [-0.15, -0.1) is 0 Å². The van der Waals surface area contributed by atoms with E-state index < -0.39 is 0 Å². The zero-order valence-electron chi connectivity index (χ0n) is 10.6. The molecule has 1 amide bonds. The Bertz CT molecular complexity index is 471. The molecule has 0 bridgehead atoms. The van der Waals surface area contributed by atoms with E-state index in [-0.39, 0.29) is 11.8 Å². The summed E-state index contributed by atoms with van der Waals surface area (Å²) in [5.74, 6) is 1.07. The molecule has 102 valence electrons. The molecule has 3 heterocycles. The normalized spacial score (nSPS) is 20.3. The fourth-order valence-electron chi connectivity index (χ4n) is 2.46. The van der Waals surface area contributed by atoms with E-state index in [0.717, 1.165) is 5.82 Å². The van der Waals surface area contributed by atoms with Crippen molar-refractivity contribution in [2.24, 2.45) is 5.92 Å². The molecule has 2 fully saturated rings. The fraction of sp³-hybridized carbons (Fsp3) is 0.538. The number of pyridine rings is 1. The molecular weight excluding hydrogens is 266 g/mol. The first kappa shape index (κ1) is 12.7. The van der Waals surface area contributed by atoms with Crippen LogP contribution in [0.1, 0.15) is 0 Å². The second-order valence-corrected chi connectivity index (χ2v) is 5.26. The molecule has 6 heteroatoms. The molecule has 0 atom stereocenters. The number of ether oxygens (including phenoxy) is 1. The quantitative estimate of drug-likeness (QED) is 0.812. The number of morpholine rings is 1.